The number of carboxylic acid groups (broad SMARTS) is 1. The molecule has 148 valence electrons. The maximum Gasteiger partial charge on any atom is 0.315 e. The molecule has 1 aliphatic carbocycles. The van der Waals surface area contributed by atoms with Crippen LogP contribution < -0.4 is 16.0 Å². The molecule has 0 radical (unpaired) electrons. The predicted molar refractivity (Wildman–Crippen MR) is 98.0 cm³/mol. The summed E-state index contributed by atoms with van der Waals surface area (Å²) in [5, 5.41) is 16.7. The monoisotopic (exact) mass is 399 g/mol. The highest BCUT2D eigenvalue weighted by Gasteiger charge is 2.20. The van der Waals surface area contributed by atoms with Gasteiger partial charge in [-0.2, -0.15) is 0 Å². The number of urea groups is 1. The van der Waals surface area contributed by atoms with Gasteiger partial charge in [-0.05, 0) is 30.5 Å². The summed E-state index contributed by atoms with van der Waals surface area (Å²) >= 11 is 5.63. The Kier molecular flexibility index (Phi) is 7.84. The molecule has 1 aromatic carbocycles. The third kappa shape index (κ3) is 7.05. The second-order valence-electron chi connectivity index (χ2n) is 6.55. The highest BCUT2D eigenvalue weighted by atomic mass is 35.5. The average molecular weight is 400 g/mol. The molecule has 0 heterocycles. The van der Waals surface area contributed by atoms with Crippen molar-refractivity contribution >= 4 is 29.5 Å². The summed E-state index contributed by atoms with van der Waals surface area (Å²) in [4.78, 5) is 35.0. The molecule has 1 atom stereocenters. The van der Waals surface area contributed by atoms with Gasteiger partial charge in [-0.3, -0.25) is 9.59 Å². The molecule has 0 aromatic heterocycles. The molecule has 0 bridgehead atoms. The molecule has 4 N–H and O–H groups in total. The number of hydrogen-bond acceptors (Lipinski definition) is 3. The Morgan fingerprint density at radius 3 is 2.56 bits per heavy atom. The number of hydrogen-bond donors (Lipinski definition) is 4. The summed E-state index contributed by atoms with van der Waals surface area (Å²) in [5.41, 5.74) is 0.277. The van der Waals surface area contributed by atoms with Gasteiger partial charge in [0.05, 0.1) is 24.0 Å². The zero-order valence-electron chi connectivity index (χ0n) is 14.8. The minimum Gasteiger partial charge on any atom is -0.481 e. The van der Waals surface area contributed by atoms with Crippen LogP contribution in [-0.2, 0) is 9.59 Å². The van der Waals surface area contributed by atoms with Gasteiger partial charge < -0.3 is 21.1 Å². The van der Waals surface area contributed by atoms with Crippen molar-refractivity contribution in [2.45, 2.75) is 50.6 Å². The first-order valence-electron chi connectivity index (χ1n) is 8.85. The van der Waals surface area contributed by atoms with Gasteiger partial charge in [-0.15, -0.1) is 0 Å². The van der Waals surface area contributed by atoms with E-state index in [4.69, 9.17) is 16.7 Å². The van der Waals surface area contributed by atoms with Crippen molar-refractivity contribution in [2.75, 3.05) is 6.54 Å². The van der Waals surface area contributed by atoms with Gasteiger partial charge in [0.1, 0.15) is 5.82 Å². The fourth-order valence-electron chi connectivity index (χ4n) is 3.05. The van der Waals surface area contributed by atoms with Gasteiger partial charge >= 0.3 is 12.0 Å². The van der Waals surface area contributed by atoms with E-state index in [1.54, 1.807) is 0 Å². The van der Waals surface area contributed by atoms with Crippen LogP contribution in [0.25, 0.3) is 0 Å². The van der Waals surface area contributed by atoms with Gasteiger partial charge in [0.15, 0.2) is 0 Å². The molecule has 9 heteroatoms. The van der Waals surface area contributed by atoms with E-state index < -0.39 is 36.2 Å². The van der Waals surface area contributed by atoms with Crippen LogP contribution in [-0.4, -0.2) is 35.6 Å². The molecular weight excluding hydrogens is 377 g/mol. The SMILES string of the molecule is O=C(O)CC(NC(=O)CNC(=O)NC1CCCCC1)c1ccc(Cl)c(F)c1. The third-order valence-corrected chi connectivity index (χ3v) is 4.72. The number of rotatable bonds is 7. The molecule has 0 aliphatic heterocycles. The standard InChI is InChI=1S/C18H23ClFN3O4/c19-13-7-6-11(8-14(13)20)15(9-17(25)26)23-16(24)10-21-18(27)22-12-4-2-1-3-5-12/h6-8,12,15H,1-5,9-10H2,(H,23,24)(H,25,26)(H2,21,22,27). The number of carbonyl (C=O) groups excluding carboxylic acids is 2. The number of aliphatic carboxylic acids is 1. The average Bonchev–Trinajstić information content (AvgIpc) is 2.62. The molecule has 0 spiro atoms. The lowest BCUT2D eigenvalue weighted by molar-refractivity contribution is -0.137. The molecular formula is C18H23ClFN3O4. The Balaban J connectivity index is 1.88. The van der Waals surface area contributed by atoms with Crippen molar-refractivity contribution in [3.63, 3.8) is 0 Å². The van der Waals surface area contributed by atoms with E-state index in [0.717, 1.165) is 31.7 Å². The molecule has 0 saturated heterocycles. The van der Waals surface area contributed by atoms with Crippen LogP contribution in [0.1, 0.15) is 50.1 Å². The van der Waals surface area contributed by atoms with Crippen molar-refractivity contribution < 1.29 is 23.9 Å². The number of benzene rings is 1. The quantitative estimate of drug-likeness (QED) is 0.565. The molecule has 1 aliphatic rings. The number of amides is 3. The van der Waals surface area contributed by atoms with Crippen molar-refractivity contribution in [3.05, 3.63) is 34.6 Å². The van der Waals surface area contributed by atoms with Crippen LogP contribution in [0.2, 0.25) is 5.02 Å². The van der Waals surface area contributed by atoms with Crippen molar-refractivity contribution in [2.24, 2.45) is 0 Å². The van der Waals surface area contributed by atoms with Crippen LogP contribution >= 0.6 is 11.6 Å². The largest absolute Gasteiger partial charge is 0.481 e. The van der Waals surface area contributed by atoms with E-state index in [0.29, 0.717) is 0 Å². The van der Waals surface area contributed by atoms with E-state index >= 15 is 0 Å². The lowest BCUT2D eigenvalue weighted by Gasteiger charge is -2.23. The van der Waals surface area contributed by atoms with Gasteiger partial charge in [-0.1, -0.05) is 36.9 Å². The smallest absolute Gasteiger partial charge is 0.315 e. The highest BCUT2D eigenvalue weighted by Crippen LogP contribution is 2.22. The zero-order valence-corrected chi connectivity index (χ0v) is 15.5. The fraction of sp³-hybridized carbons (Fsp3) is 0.500. The van der Waals surface area contributed by atoms with Crippen LogP contribution in [0.15, 0.2) is 18.2 Å². The minimum absolute atomic E-state index is 0.0970. The van der Waals surface area contributed by atoms with E-state index in [1.807, 2.05) is 0 Å². The fourth-order valence-corrected chi connectivity index (χ4v) is 3.16. The zero-order chi connectivity index (χ0) is 19.8. The van der Waals surface area contributed by atoms with Crippen LogP contribution in [0.4, 0.5) is 9.18 Å². The Labute approximate surface area is 161 Å². The van der Waals surface area contributed by atoms with Crippen LogP contribution in [0.3, 0.4) is 0 Å². The maximum absolute atomic E-state index is 13.6. The summed E-state index contributed by atoms with van der Waals surface area (Å²) in [7, 11) is 0. The first-order chi connectivity index (χ1) is 12.8. The molecule has 2 rings (SSSR count). The number of nitrogens with one attached hydrogen (secondary N) is 3. The summed E-state index contributed by atoms with van der Waals surface area (Å²) in [5.74, 6) is -2.43. The summed E-state index contributed by atoms with van der Waals surface area (Å²) < 4.78 is 13.6. The van der Waals surface area contributed by atoms with Gasteiger partial charge in [0, 0.05) is 6.04 Å². The van der Waals surface area contributed by atoms with Gasteiger partial charge in [-0.25, -0.2) is 9.18 Å². The number of halogens is 2. The lowest BCUT2D eigenvalue weighted by Crippen LogP contribution is -2.46. The molecule has 1 unspecified atom stereocenters. The van der Waals surface area contributed by atoms with E-state index in [9.17, 15) is 18.8 Å². The minimum atomic E-state index is -1.15. The third-order valence-electron chi connectivity index (χ3n) is 4.41. The summed E-state index contributed by atoms with van der Waals surface area (Å²) in [6, 6.07) is 2.55. The van der Waals surface area contributed by atoms with Crippen LogP contribution in [0, 0.1) is 5.82 Å². The molecule has 1 saturated carbocycles. The van der Waals surface area contributed by atoms with Gasteiger partial charge in [0.2, 0.25) is 5.91 Å². The second-order valence-corrected chi connectivity index (χ2v) is 6.96. The number of carboxylic acids is 1. The van der Waals surface area contributed by atoms with Crippen molar-refractivity contribution in [1.82, 2.24) is 16.0 Å². The first kappa shape index (κ1) is 21.0. The maximum atomic E-state index is 13.6. The Morgan fingerprint density at radius 2 is 1.93 bits per heavy atom. The molecule has 7 nitrogen and oxygen atoms in total. The van der Waals surface area contributed by atoms with E-state index in [-0.39, 0.29) is 23.2 Å². The molecule has 1 fully saturated rings. The Bertz CT molecular complexity index is 695. The number of carbonyl (C=O) groups is 3. The van der Waals surface area contributed by atoms with Gasteiger partial charge in [0.25, 0.3) is 0 Å². The van der Waals surface area contributed by atoms with E-state index in [2.05, 4.69) is 16.0 Å². The molecule has 1 aromatic rings. The lowest BCUT2D eigenvalue weighted by atomic mass is 9.96. The van der Waals surface area contributed by atoms with E-state index in [1.165, 1.54) is 18.6 Å². The second kappa shape index (κ2) is 10.1. The van der Waals surface area contributed by atoms with Crippen molar-refractivity contribution in [3.8, 4) is 0 Å². The summed E-state index contributed by atoms with van der Waals surface area (Å²) in [6.07, 6.45) is 4.71. The highest BCUT2D eigenvalue weighted by molar-refractivity contribution is 6.30. The topological polar surface area (TPSA) is 108 Å². The normalized spacial score (nSPS) is 15.6. The summed E-state index contributed by atoms with van der Waals surface area (Å²) in [6.45, 7) is -0.315. The Morgan fingerprint density at radius 1 is 1.22 bits per heavy atom. The Hall–Kier alpha value is -2.35. The first-order valence-corrected chi connectivity index (χ1v) is 9.23. The van der Waals surface area contributed by atoms with Crippen LogP contribution in [0.5, 0.6) is 0 Å². The van der Waals surface area contributed by atoms with Crippen molar-refractivity contribution in [1.29, 1.82) is 0 Å². The molecule has 3 amide bonds. The molecule has 27 heavy (non-hydrogen) atoms. The predicted octanol–water partition coefficient (Wildman–Crippen LogP) is 2.74.